The summed E-state index contributed by atoms with van der Waals surface area (Å²) in [6.07, 6.45) is 0.438. The zero-order valence-corrected chi connectivity index (χ0v) is 11.3. The fourth-order valence-electron chi connectivity index (χ4n) is 2.05. The molecule has 0 aliphatic heterocycles. The van der Waals surface area contributed by atoms with E-state index in [0.29, 0.717) is 12.0 Å². The Labute approximate surface area is 121 Å². The summed E-state index contributed by atoms with van der Waals surface area (Å²) < 4.78 is 18.2. The minimum Gasteiger partial charge on any atom is -0.507 e. The van der Waals surface area contributed by atoms with Crippen molar-refractivity contribution < 1.29 is 23.7 Å². The van der Waals surface area contributed by atoms with Gasteiger partial charge in [0.05, 0.1) is 0 Å². The van der Waals surface area contributed by atoms with E-state index in [2.05, 4.69) is 0 Å². The molecule has 0 heterocycles. The molecule has 2 rings (SSSR count). The van der Waals surface area contributed by atoms with Gasteiger partial charge in [-0.25, -0.2) is 4.79 Å². The Morgan fingerprint density at radius 3 is 2.57 bits per heavy atom. The van der Waals surface area contributed by atoms with Crippen LogP contribution < -0.4 is 10.2 Å². The van der Waals surface area contributed by atoms with Gasteiger partial charge in [0.25, 0.3) is 0 Å². The van der Waals surface area contributed by atoms with Crippen LogP contribution in [-0.4, -0.2) is 24.9 Å². The first-order valence-corrected chi connectivity index (χ1v) is 6.22. The highest BCUT2D eigenvalue weighted by atomic mass is 19.1. The van der Waals surface area contributed by atoms with Crippen molar-refractivity contribution in [3.8, 4) is 11.5 Å². The maximum Gasteiger partial charge on any atom is 0.365 e. The largest absolute Gasteiger partial charge is 0.507 e. The first kappa shape index (κ1) is 14.8. The van der Waals surface area contributed by atoms with Crippen LogP contribution in [0.1, 0.15) is 26.3 Å². The van der Waals surface area contributed by atoms with Gasteiger partial charge in [0, 0.05) is 5.56 Å². The molecule has 0 radical (unpaired) electrons. The summed E-state index contributed by atoms with van der Waals surface area (Å²) >= 11 is 0. The molecule has 4 nitrogen and oxygen atoms in total. The number of hydrogen-bond donors (Lipinski definition) is 1. The standard InChI is InChI=1S/C15H12BFO4/c1-9-13(12(19)7-10(8-18)14(9)16-17)15(20)21-11-5-3-2-4-6-11/h2-8,16,19H,1H3. The number of carbonyl (C=O) groups is 2. The molecule has 0 bridgehead atoms. The second-order valence-electron chi connectivity index (χ2n) is 4.42. The number of ether oxygens (including phenoxy) is 1. The first-order valence-electron chi connectivity index (χ1n) is 6.22. The lowest BCUT2D eigenvalue weighted by Gasteiger charge is -2.12. The number of rotatable bonds is 4. The van der Waals surface area contributed by atoms with Crippen LogP contribution >= 0.6 is 0 Å². The molecule has 2 aromatic rings. The molecular weight excluding hydrogens is 274 g/mol. The number of aldehydes is 1. The zero-order chi connectivity index (χ0) is 15.4. The fraction of sp³-hybridized carbons (Fsp3) is 0.0667. The highest BCUT2D eigenvalue weighted by Crippen LogP contribution is 2.23. The number of benzene rings is 2. The molecule has 0 aliphatic rings. The van der Waals surface area contributed by atoms with E-state index in [-0.39, 0.29) is 22.2 Å². The quantitative estimate of drug-likeness (QED) is 0.402. The van der Waals surface area contributed by atoms with Crippen molar-refractivity contribution in [2.75, 3.05) is 0 Å². The van der Waals surface area contributed by atoms with E-state index in [4.69, 9.17) is 4.74 Å². The third-order valence-electron chi connectivity index (χ3n) is 3.14. The van der Waals surface area contributed by atoms with Crippen molar-refractivity contribution in [2.45, 2.75) is 6.92 Å². The molecule has 0 fully saturated rings. The number of hydrogen-bond acceptors (Lipinski definition) is 4. The molecule has 0 aliphatic carbocycles. The Hall–Kier alpha value is -2.63. The lowest BCUT2D eigenvalue weighted by atomic mass is 9.80. The Kier molecular flexibility index (Phi) is 4.37. The average Bonchev–Trinajstić information content (AvgIpc) is 2.47. The van der Waals surface area contributed by atoms with Gasteiger partial charge >= 0.3 is 13.5 Å². The summed E-state index contributed by atoms with van der Waals surface area (Å²) in [6, 6.07) is 9.38. The van der Waals surface area contributed by atoms with Gasteiger partial charge in [-0.05, 0) is 36.1 Å². The van der Waals surface area contributed by atoms with Crippen molar-refractivity contribution in [2.24, 2.45) is 0 Å². The highest BCUT2D eigenvalue weighted by Gasteiger charge is 2.22. The molecule has 0 saturated carbocycles. The molecule has 2 aromatic carbocycles. The van der Waals surface area contributed by atoms with Gasteiger partial charge in [-0.3, -0.25) is 4.79 Å². The van der Waals surface area contributed by atoms with Crippen molar-refractivity contribution in [1.29, 1.82) is 0 Å². The molecule has 0 unspecified atom stereocenters. The minimum absolute atomic E-state index is 0.0174. The summed E-state index contributed by atoms with van der Waals surface area (Å²) in [7, 11) is -0.911. The SMILES string of the molecule is Cc1c(BF)c(C=O)cc(O)c1C(=O)Oc1ccccc1. The monoisotopic (exact) mass is 286 g/mol. The van der Waals surface area contributed by atoms with Crippen LogP contribution in [0.3, 0.4) is 0 Å². The van der Waals surface area contributed by atoms with Gasteiger partial charge in [-0.1, -0.05) is 18.2 Å². The molecular formula is C15H12BFO4. The van der Waals surface area contributed by atoms with Crippen LogP contribution in [0, 0.1) is 6.92 Å². The minimum atomic E-state index is -0.911. The lowest BCUT2D eigenvalue weighted by molar-refractivity contribution is 0.0730. The van der Waals surface area contributed by atoms with Crippen LogP contribution in [0.25, 0.3) is 0 Å². The average molecular weight is 286 g/mol. The summed E-state index contributed by atoms with van der Waals surface area (Å²) in [5.41, 5.74) is 0.143. The lowest BCUT2D eigenvalue weighted by Crippen LogP contribution is -2.24. The van der Waals surface area contributed by atoms with Gasteiger partial charge in [0.15, 0.2) is 0 Å². The molecule has 0 saturated heterocycles. The summed E-state index contributed by atoms with van der Waals surface area (Å²) in [5.74, 6) is -0.904. The van der Waals surface area contributed by atoms with Crippen LogP contribution in [0.4, 0.5) is 4.32 Å². The Morgan fingerprint density at radius 1 is 1.33 bits per heavy atom. The molecule has 106 valence electrons. The predicted molar refractivity (Wildman–Crippen MR) is 77.5 cm³/mol. The smallest absolute Gasteiger partial charge is 0.365 e. The van der Waals surface area contributed by atoms with Crippen LogP contribution in [0.5, 0.6) is 11.5 Å². The summed E-state index contributed by atoms with van der Waals surface area (Å²) in [6.45, 7) is 1.46. The summed E-state index contributed by atoms with van der Waals surface area (Å²) in [5, 5.41) is 9.89. The third-order valence-corrected chi connectivity index (χ3v) is 3.14. The van der Waals surface area contributed by atoms with Gasteiger partial charge in [-0.15, -0.1) is 0 Å². The van der Waals surface area contributed by atoms with Gasteiger partial charge in [-0.2, -0.15) is 0 Å². The molecule has 0 atom stereocenters. The zero-order valence-electron chi connectivity index (χ0n) is 11.3. The van der Waals surface area contributed by atoms with Crippen molar-refractivity contribution in [3.05, 3.63) is 53.1 Å². The highest BCUT2D eigenvalue weighted by molar-refractivity contribution is 6.49. The fourth-order valence-corrected chi connectivity index (χ4v) is 2.05. The Bertz CT molecular complexity index is 686. The number of phenols is 1. The van der Waals surface area contributed by atoms with Gasteiger partial charge < -0.3 is 14.2 Å². The molecule has 6 heteroatoms. The van der Waals surface area contributed by atoms with Crippen LogP contribution in [-0.2, 0) is 0 Å². The van der Waals surface area contributed by atoms with E-state index in [0.717, 1.165) is 6.07 Å². The number of carbonyl (C=O) groups excluding carboxylic acids is 2. The van der Waals surface area contributed by atoms with E-state index in [1.165, 1.54) is 6.92 Å². The number of esters is 1. The van der Waals surface area contributed by atoms with E-state index in [1.807, 2.05) is 0 Å². The molecule has 0 amide bonds. The van der Waals surface area contributed by atoms with Gasteiger partial charge in [0.2, 0.25) is 0 Å². The Balaban J connectivity index is 2.44. The second kappa shape index (κ2) is 6.22. The van der Waals surface area contributed by atoms with Gasteiger partial charge in [0.1, 0.15) is 23.3 Å². The van der Waals surface area contributed by atoms with E-state index in [1.54, 1.807) is 30.3 Å². The topological polar surface area (TPSA) is 63.6 Å². The van der Waals surface area contributed by atoms with Crippen molar-refractivity contribution >= 4 is 25.3 Å². The van der Waals surface area contributed by atoms with E-state index >= 15 is 0 Å². The van der Waals surface area contributed by atoms with Crippen molar-refractivity contribution in [1.82, 2.24) is 0 Å². The molecule has 1 N–H and O–H groups in total. The summed E-state index contributed by atoms with van der Waals surface area (Å²) in [4.78, 5) is 23.0. The van der Waals surface area contributed by atoms with Crippen LogP contribution in [0.15, 0.2) is 36.4 Å². The maximum atomic E-state index is 13.0. The Morgan fingerprint density at radius 2 is 2.00 bits per heavy atom. The van der Waals surface area contributed by atoms with Crippen LogP contribution in [0.2, 0.25) is 0 Å². The molecule has 0 spiro atoms. The van der Waals surface area contributed by atoms with Crippen molar-refractivity contribution in [3.63, 3.8) is 0 Å². The van der Waals surface area contributed by atoms with E-state index < -0.39 is 19.3 Å². The first-order chi connectivity index (χ1) is 10.1. The number of aromatic hydroxyl groups is 1. The van der Waals surface area contributed by atoms with E-state index in [9.17, 15) is 19.0 Å². The number of halogens is 1. The predicted octanol–water partition coefficient (Wildman–Crippen LogP) is 1.68. The third kappa shape index (κ3) is 2.94. The number of phenolic OH excluding ortho intramolecular Hbond substituents is 1. The molecule has 0 aromatic heterocycles. The number of para-hydroxylation sites is 1. The molecule has 21 heavy (non-hydrogen) atoms. The second-order valence-corrected chi connectivity index (χ2v) is 4.42. The normalized spacial score (nSPS) is 10.0. The maximum absolute atomic E-state index is 13.0.